The number of carbonyl (C=O) groups excluding carboxylic acids is 1. The Bertz CT molecular complexity index is 697. The molecule has 0 radical (unpaired) electrons. The summed E-state index contributed by atoms with van der Waals surface area (Å²) in [5.41, 5.74) is 1.54. The van der Waals surface area contributed by atoms with Crippen LogP contribution in [-0.2, 0) is 0 Å². The zero-order valence-corrected chi connectivity index (χ0v) is 15.2. The summed E-state index contributed by atoms with van der Waals surface area (Å²) in [4.78, 5) is 12.4. The quantitative estimate of drug-likeness (QED) is 0.787. The summed E-state index contributed by atoms with van der Waals surface area (Å²) in [6.07, 6.45) is 0. The van der Waals surface area contributed by atoms with Crippen LogP contribution in [0.5, 0.6) is 17.2 Å². The number of methoxy groups -OCH3 is 1. The van der Waals surface area contributed by atoms with Crippen molar-refractivity contribution < 1.29 is 19.0 Å². The minimum atomic E-state index is -0.163. The maximum atomic E-state index is 12.4. The van der Waals surface area contributed by atoms with Gasteiger partial charge in [0.2, 0.25) is 0 Å². The summed E-state index contributed by atoms with van der Waals surface area (Å²) < 4.78 is 16.3. The zero-order chi connectivity index (χ0) is 18.2. The highest BCUT2D eigenvalue weighted by Gasteiger charge is 2.14. The summed E-state index contributed by atoms with van der Waals surface area (Å²) in [6, 6.07) is 12.6. The van der Waals surface area contributed by atoms with Crippen LogP contribution in [0.3, 0.4) is 0 Å². The van der Waals surface area contributed by atoms with E-state index in [2.05, 4.69) is 5.32 Å². The first-order valence-corrected chi connectivity index (χ1v) is 8.43. The van der Waals surface area contributed by atoms with Gasteiger partial charge >= 0.3 is 0 Å². The van der Waals surface area contributed by atoms with Crippen molar-refractivity contribution in [3.05, 3.63) is 53.6 Å². The number of carbonyl (C=O) groups is 1. The molecule has 1 amide bonds. The van der Waals surface area contributed by atoms with Crippen LogP contribution in [0.2, 0.25) is 0 Å². The first kappa shape index (κ1) is 18.6. The molecule has 2 rings (SSSR count). The smallest absolute Gasteiger partial charge is 0.251 e. The summed E-state index contributed by atoms with van der Waals surface area (Å²) in [7, 11) is 1.60. The van der Waals surface area contributed by atoms with Crippen LogP contribution in [0.15, 0.2) is 42.5 Å². The van der Waals surface area contributed by atoms with Gasteiger partial charge in [0.1, 0.15) is 5.75 Å². The highest BCUT2D eigenvalue weighted by atomic mass is 16.5. The van der Waals surface area contributed by atoms with Gasteiger partial charge in [0.05, 0.1) is 26.4 Å². The molecule has 1 N–H and O–H groups in total. The second kappa shape index (κ2) is 8.97. The maximum Gasteiger partial charge on any atom is 0.251 e. The second-order valence-corrected chi connectivity index (χ2v) is 5.50. The fourth-order valence-corrected chi connectivity index (χ4v) is 2.44. The van der Waals surface area contributed by atoms with Crippen LogP contribution < -0.4 is 19.5 Å². The normalized spacial score (nSPS) is 11.5. The molecule has 0 aliphatic carbocycles. The van der Waals surface area contributed by atoms with Crippen LogP contribution in [0.4, 0.5) is 0 Å². The Kier molecular flexibility index (Phi) is 6.69. The van der Waals surface area contributed by atoms with E-state index < -0.39 is 0 Å². The summed E-state index contributed by atoms with van der Waals surface area (Å²) >= 11 is 0. The number of nitrogens with one attached hydrogen (secondary N) is 1. The van der Waals surface area contributed by atoms with E-state index >= 15 is 0 Å². The van der Waals surface area contributed by atoms with Crippen molar-refractivity contribution in [1.82, 2.24) is 5.32 Å². The van der Waals surface area contributed by atoms with Gasteiger partial charge in [-0.3, -0.25) is 4.79 Å². The van der Waals surface area contributed by atoms with E-state index in [1.807, 2.05) is 39.0 Å². The molecule has 0 aliphatic rings. The minimum absolute atomic E-state index is 0.137. The Morgan fingerprint density at radius 1 is 1.00 bits per heavy atom. The Morgan fingerprint density at radius 3 is 2.24 bits per heavy atom. The van der Waals surface area contributed by atoms with Crippen molar-refractivity contribution in [2.24, 2.45) is 0 Å². The van der Waals surface area contributed by atoms with E-state index in [1.54, 1.807) is 31.4 Å². The average molecular weight is 343 g/mol. The van der Waals surface area contributed by atoms with Crippen LogP contribution in [0.25, 0.3) is 0 Å². The van der Waals surface area contributed by atoms with Gasteiger partial charge < -0.3 is 19.5 Å². The number of rotatable bonds is 8. The first-order valence-electron chi connectivity index (χ1n) is 8.43. The Labute approximate surface area is 148 Å². The van der Waals surface area contributed by atoms with Crippen molar-refractivity contribution >= 4 is 5.91 Å². The van der Waals surface area contributed by atoms with E-state index in [-0.39, 0.29) is 11.9 Å². The molecule has 5 nitrogen and oxygen atoms in total. The second-order valence-electron chi connectivity index (χ2n) is 5.50. The number of ether oxygens (including phenoxy) is 3. The van der Waals surface area contributed by atoms with Gasteiger partial charge in [0.25, 0.3) is 5.91 Å². The molecule has 0 bridgehead atoms. The van der Waals surface area contributed by atoms with Crippen LogP contribution >= 0.6 is 0 Å². The lowest BCUT2D eigenvalue weighted by molar-refractivity contribution is 0.0939. The van der Waals surface area contributed by atoms with E-state index in [9.17, 15) is 4.79 Å². The molecule has 0 saturated carbocycles. The largest absolute Gasteiger partial charge is 0.497 e. The van der Waals surface area contributed by atoms with E-state index in [0.29, 0.717) is 30.3 Å². The average Bonchev–Trinajstić information content (AvgIpc) is 2.63. The van der Waals surface area contributed by atoms with Gasteiger partial charge in [-0.15, -0.1) is 0 Å². The molecule has 1 atom stereocenters. The van der Waals surface area contributed by atoms with Gasteiger partial charge in [-0.1, -0.05) is 6.07 Å². The molecule has 0 fully saturated rings. The topological polar surface area (TPSA) is 56.8 Å². The summed E-state index contributed by atoms with van der Waals surface area (Å²) in [5.74, 6) is 1.98. The van der Waals surface area contributed by atoms with Gasteiger partial charge in [-0.05, 0) is 62.7 Å². The molecule has 0 heterocycles. The summed E-state index contributed by atoms with van der Waals surface area (Å²) in [5, 5.41) is 2.99. The Morgan fingerprint density at radius 2 is 1.64 bits per heavy atom. The van der Waals surface area contributed by atoms with Crippen LogP contribution in [0.1, 0.15) is 42.7 Å². The highest BCUT2D eigenvalue weighted by Crippen LogP contribution is 2.30. The number of benzene rings is 2. The fourth-order valence-electron chi connectivity index (χ4n) is 2.44. The number of hydrogen-bond donors (Lipinski definition) is 1. The fraction of sp³-hybridized carbons (Fsp3) is 0.350. The predicted molar refractivity (Wildman–Crippen MR) is 97.7 cm³/mol. The maximum absolute atomic E-state index is 12.4. The van der Waals surface area contributed by atoms with Crippen LogP contribution in [-0.4, -0.2) is 26.2 Å². The summed E-state index contributed by atoms with van der Waals surface area (Å²) in [6.45, 7) is 6.92. The number of amides is 1. The lowest BCUT2D eigenvalue weighted by Gasteiger charge is -2.17. The number of hydrogen-bond acceptors (Lipinski definition) is 4. The zero-order valence-electron chi connectivity index (χ0n) is 15.2. The molecule has 0 aliphatic heterocycles. The van der Waals surface area contributed by atoms with Crippen LogP contribution in [0, 0.1) is 0 Å². The third kappa shape index (κ3) is 4.89. The minimum Gasteiger partial charge on any atom is -0.497 e. The molecule has 0 unspecified atom stereocenters. The van der Waals surface area contributed by atoms with Gasteiger partial charge in [-0.25, -0.2) is 0 Å². The van der Waals surface area contributed by atoms with Gasteiger partial charge in [0, 0.05) is 5.56 Å². The highest BCUT2D eigenvalue weighted by molar-refractivity contribution is 5.94. The molecule has 0 saturated heterocycles. The molecule has 134 valence electrons. The predicted octanol–water partition coefficient (Wildman–Crippen LogP) is 3.98. The van der Waals surface area contributed by atoms with Crippen molar-refractivity contribution in [3.8, 4) is 17.2 Å². The lowest BCUT2D eigenvalue weighted by Crippen LogP contribution is -2.26. The van der Waals surface area contributed by atoms with Crippen molar-refractivity contribution in [3.63, 3.8) is 0 Å². The van der Waals surface area contributed by atoms with E-state index in [4.69, 9.17) is 14.2 Å². The van der Waals surface area contributed by atoms with Crippen molar-refractivity contribution in [2.45, 2.75) is 26.8 Å². The third-order valence-electron chi connectivity index (χ3n) is 3.77. The van der Waals surface area contributed by atoms with E-state index in [1.165, 1.54) is 0 Å². The standard InChI is InChI=1S/C20H25NO4/c1-5-24-18-12-9-16(13-19(18)25-6-2)14(3)21-20(22)15-7-10-17(23-4)11-8-15/h7-14H,5-6H2,1-4H3,(H,21,22)/t14-/m0/s1. The van der Waals surface area contributed by atoms with E-state index in [0.717, 1.165) is 11.3 Å². The Hall–Kier alpha value is -2.69. The molecular formula is C20H25NO4. The SMILES string of the molecule is CCOc1ccc([C@H](C)NC(=O)c2ccc(OC)cc2)cc1OCC. The molecule has 25 heavy (non-hydrogen) atoms. The molecule has 2 aromatic rings. The molecule has 0 aromatic heterocycles. The van der Waals surface area contributed by atoms with Gasteiger partial charge in [0.15, 0.2) is 11.5 Å². The monoisotopic (exact) mass is 343 g/mol. The van der Waals surface area contributed by atoms with Crippen molar-refractivity contribution in [1.29, 1.82) is 0 Å². The molecular weight excluding hydrogens is 318 g/mol. The molecule has 5 heteroatoms. The first-order chi connectivity index (χ1) is 12.1. The Balaban J connectivity index is 2.11. The third-order valence-corrected chi connectivity index (χ3v) is 3.77. The molecule has 0 spiro atoms. The van der Waals surface area contributed by atoms with Gasteiger partial charge in [-0.2, -0.15) is 0 Å². The van der Waals surface area contributed by atoms with Crippen molar-refractivity contribution in [2.75, 3.05) is 20.3 Å². The molecule has 2 aromatic carbocycles. The lowest BCUT2D eigenvalue weighted by atomic mass is 10.1.